The number of unbranched alkanes of at least 4 members (excludes halogenated alkanes) is 5. The Balaban J connectivity index is 1.75. The van der Waals surface area contributed by atoms with Crippen LogP contribution in [0.3, 0.4) is 0 Å². The molecule has 0 N–H and O–H groups in total. The van der Waals surface area contributed by atoms with Crippen LogP contribution in [0.1, 0.15) is 64.7 Å². The average molecular weight is 258 g/mol. The van der Waals surface area contributed by atoms with Crippen LogP contribution in [0.2, 0.25) is 0 Å². The summed E-state index contributed by atoms with van der Waals surface area (Å²) in [5, 5.41) is 0. The maximum atomic E-state index is 5.73. The number of hydrogen-bond donors (Lipinski definition) is 0. The summed E-state index contributed by atoms with van der Waals surface area (Å²) in [5.41, 5.74) is 0.619. The summed E-state index contributed by atoms with van der Waals surface area (Å²) < 4.78 is 11.5. The predicted molar refractivity (Wildman–Crippen MR) is 76.3 cm³/mol. The van der Waals surface area contributed by atoms with Crippen LogP contribution in [-0.4, -0.2) is 34.7 Å². The van der Waals surface area contributed by atoms with Crippen LogP contribution in [-0.2, 0) is 9.47 Å². The SMILES string of the molecule is CCCCCCCCOC[SiH2]C1CCCCO1. The third-order valence-corrected chi connectivity index (χ3v) is 5.31. The van der Waals surface area contributed by atoms with Crippen molar-refractivity contribution in [3.05, 3.63) is 0 Å². The summed E-state index contributed by atoms with van der Waals surface area (Å²) in [6, 6.07) is 0. The minimum Gasteiger partial charge on any atom is -0.385 e. The van der Waals surface area contributed by atoms with Gasteiger partial charge in [-0.2, -0.15) is 0 Å². The maximum Gasteiger partial charge on any atom is 0.0860 e. The summed E-state index contributed by atoms with van der Waals surface area (Å²) in [6.45, 7) is 4.24. The molecule has 0 amide bonds. The molecule has 0 spiro atoms. The van der Waals surface area contributed by atoms with Crippen molar-refractivity contribution in [3.63, 3.8) is 0 Å². The van der Waals surface area contributed by atoms with Crippen LogP contribution in [0.4, 0.5) is 0 Å². The molecule has 0 aromatic heterocycles. The van der Waals surface area contributed by atoms with Gasteiger partial charge in [-0.1, -0.05) is 39.0 Å². The Morgan fingerprint density at radius 3 is 2.71 bits per heavy atom. The molecular weight excluding hydrogens is 228 g/mol. The van der Waals surface area contributed by atoms with Crippen LogP contribution in [0, 0.1) is 0 Å². The Bertz CT molecular complexity index is 158. The lowest BCUT2D eigenvalue weighted by atomic mass is 10.1. The second-order valence-corrected chi connectivity index (χ2v) is 7.05. The van der Waals surface area contributed by atoms with Crippen molar-refractivity contribution in [3.8, 4) is 0 Å². The highest BCUT2D eigenvalue weighted by Crippen LogP contribution is 2.11. The topological polar surface area (TPSA) is 18.5 Å². The van der Waals surface area contributed by atoms with Crippen LogP contribution in [0.25, 0.3) is 0 Å². The Kier molecular flexibility index (Phi) is 10.0. The van der Waals surface area contributed by atoms with Gasteiger partial charge in [0.15, 0.2) is 0 Å². The average Bonchev–Trinajstić information content (AvgIpc) is 2.38. The highest BCUT2D eigenvalue weighted by molar-refractivity contribution is 6.37. The van der Waals surface area contributed by atoms with E-state index in [-0.39, 0.29) is 9.52 Å². The lowest BCUT2D eigenvalue weighted by Gasteiger charge is -2.21. The molecule has 3 heteroatoms. The second kappa shape index (κ2) is 11.2. The van der Waals surface area contributed by atoms with E-state index in [1.165, 1.54) is 57.8 Å². The molecule has 1 heterocycles. The van der Waals surface area contributed by atoms with Crippen molar-refractivity contribution in [2.24, 2.45) is 0 Å². The Morgan fingerprint density at radius 1 is 1.12 bits per heavy atom. The van der Waals surface area contributed by atoms with Gasteiger partial charge < -0.3 is 9.47 Å². The maximum absolute atomic E-state index is 5.73. The molecule has 0 aromatic rings. The van der Waals surface area contributed by atoms with Gasteiger partial charge in [0.1, 0.15) is 0 Å². The quantitative estimate of drug-likeness (QED) is 0.443. The van der Waals surface area contributed by atoms with E-state index in [1.54, 1.807) is 0 Å². The first-order chi connectivity index (χ1) is 8.43. The van der Waals surface area contributed by atoms with Crippen molar-refractivity contribution < 1.29 is 9.47 Å². The summed E-state index contributed by atoms with van der Waals surface area (Å²) >= 11 is 0. The van der Waals surface area contributed by atoms with E-state index in [4.69, 9.17) is 9.47 Å². The van der Waals surface area contributed by atoms with Crippen molar-refractivity contribution in [1.82, 2.24) is 0 Å². The monoisotopic (exact) mass is 258 g/mol. The molecule has 1 atom stereocenters. The predicted octanol–water partition coefficient (Wildman–Crippen LogP) is 3.02. The van der Waals surface area contributed by atoms with Crippen LogP contribution < -0.4 is 0 Å². The molecule has 1 saturated heterocycles. The van der Waals surface area contributed by atoms with Crippen LogP contribution in [0.5, 0.6) is 0 Å². The van der Waals surface area contributed by atoms with Gasteiger partial charge in [-0.15, -0.1) is 0 Å². The van der Waals surface area contributed by atoms with Crippen molar-refractivity contribution in [1.29, 1.82) is 0 Å². The third kappa shape index (κ3) is 8.81. The van der Waals surface area contributed by atoms with Gasteiger partial charge in [0.2, 0.25) is 0 Å². The molecule has 0 radical (unpaired) electrons. The first-order valence-corrected chi connectivity index (χ1v) is 9.44. The molecule has 1 aliphatic rings. The lowest BCUT2D eigenvalue weighted by molar-refractivity contribution is 0.0609. The molecular formula is C14H30O2Si. The number of hydrogen-bond acceptors (Lipinski definition) is 2. The van der Waals surface area contributed by atoms with E-state index in [9.17, 15) is 0 Å². The number of rotatable bonds is 10. The largest absolute Gasteiger partial charge is 0.385 e. The first kappa shape index (κ1) is 15.2. The zero-order chi connectivity index (χ0) is 12.2. The third-order valence-electron chi connectivity index (χ3n) is 3.50. The summed E-state index contributed by atoms with van der Waals surface area (Å²) in [7, 11) is -0.126. The molecule has 1 aliphatic heterocycles. The molecule has 1 fully saturated rings. The molecule has 17 heavy (non-hydrogen) atoms. The molecule has 0 aromatic carbocycles. The van der Waals surface area contributed by atoms with E-state index >= 15 is 0 Å². The summed E-state index contributed by atoms with van der Waals surface area (Å²) in [6.07, 6.45) is 13.1. The standard InChI is InChI=1S/C14H30O2Si/c1-2-3-4-5-6-8-11-15-13-17-14-10-7-9-12-16-14/h14H,2-13,17H2,1H3. The molecule has 1 unspecified atom stereocenters. The fourth-order valence-corrected chi connectivity index (χ4v) is 3.88. The van der Waals surface area contributed by atoms with E-state index in [0.717, 1.165) is 19.4 Å². The molecule has 2 nitrogen and oxygen atoms in total. The zero-order valence-electron chi connectivity index (χ0n) is 11.6. The molecule has 102 valence electrons. The van der Waals surface area contributed by atoms with Gasteiger partial charge in [0, 0.05) is 25.2 Å². The highest BCUT2D eigenvalue weighted by atomic mass is 28.2. The zero-order valence-corrected chi connectivity index (χ0v) is 13.0. The molecule has 1 rings (SSSR count). The fraction of sp³-hybridized carbons (Fsp3) is 1.00. The van der Waals surface area contributed by atoms with Crippen molar-refractivity contribution in [2.75, 3.05) is 19.4 Å². The summed E-state index contributed by atoms with van der Waals surface area (Å²) in [4.78, 5) is 0. The lowest BCUT2D eigenvalue weighted by Crippen LogP contribution is -2.28. The smallest absolute Gasteiger partial charge is 0.0860 e. The Hall–Kier alpha value is 0.137. The van der Waals surface area contributed by atoms with Crippen molar-refractivity contribution >= 4 is 9.52 Å². The van der Waals surface area contributed by atoms with Crippen molar-refractivity contribution in [2.45, 2.75) is 70.4 Å². The van der Waals surface area contributed by atoms with Gasteiger partial charge in [-0.25, -0.2) is 0 Å². The van der Waals surface area contributed by atoms with Gasteiger partial charge in [-0.05, 0) is 25.7 Å². The first-order valence-electron chi connectivity index (χ1n) is 7.63. The molecule has 0 aliphatic carbocycles. The van der Waals surface area contributed by atoms with E-state index in [0.29, 0.717) is 5.73 Å². The van der Waals surface area contributed by atoms with E-state index in [2.05, 4.69) is 6.92 Å². The minimum atomic E-state index is -0.126. The fourth-order valence-electron chi connectivity index (χ4n) is 2.34. The van der Waals surface area contributed by atoms with E-state index < -0.39 is 0 Å². The molecule has 0 bridgehead atoms. The van der Waals surface area contributed by atoms with Crippen LogP contribution >= 0.6 is 0 Å². The van der Waals surface area contributed by atoms with Gasteiger partial charge in [-0.3, -0.25) is 0 Å². The normalized spacial score (nSPS) is 21.4. The number of ether oxygens (including phenoxy) is 2. The van der Waals surface area contributed by atoms with Gasteiger partial charge in [0.25, 0.3) is 0 Å². The van der Waals surface area contributed by atoms with E-state index in [1.807, 2.05) is 0 Å². The minimum absolute atomic E-state index is 0.126. The Labute approximate surface area is 109 Å². The van der Waals surface area contributed by atoms with Crippen LogP contribution in [0.15, 0.2) is 0 Å². The van der Waals surface area contributed by atoms with Gasteiger partial charge in [0.05, 0.1) is 9.52 Å². The van der Waals surface area contributed by atoms with Gasteiger partial charge >= 0.3 is 0 Å². The highest BCUT2D eigenvalue weighted by Gasteiger charge is 2.13. The second-order valence-electron chi connectivity index (χ2n) is 5.16. The Morgan fingerprint density at radius 2 is 1.94 bits per heavy atom. The molecule has 0 saturated carbocycles. The summed E-state index contributed by atoms with van der Waals surface area (Å²) in [5.74, 6) is 0.